The molecular weight excluding hydrogens is 372 g/mol. The van der Waals surface area contributed by atoms with Gasteiger partial charge in [0.25, 0.3) is 0 Å². The van der Waals surface area contributed by atoms with Crippen LogP contribution in [0, 0.1) is 0 Å². The predicted molar refractivity (Wildman–Crippen MR) is 118 cm³/mol. The van der Waals surface area contributed by atoms with Crippen LogP contribution in [0.1, 0.15) is 5.82 Å². The number of benzene rings is 2. The topological polar surface area (TPSA) is 82.0 Å². The zero-order valence-corrected chi connectivity index (χ0v) is 15.9. The molecule has 0 bridgehead atoms. The van der Waals surface area contributed by atoms with Gasteiger partial charge in [-0.2, -0.15) is 5.10 Å². The average molecular weight is 388 g/mol. The zero-order valence-electron chi connectivity index (χ0n) is 15.9. The Morgan fingerprint density at radius 2 is 1.70 bits per heavy atom. The van der Waals surface area contributed by atoms with E-state index in [1.807, 2.05) is 54.6 Å². The summed E-state index contributed by atoms with van der Waals surface area (Å²) in [7, 11) is 0. The molecule has 1 aliphatic rings. The molecule has 2 N–H and O–H groups in total. The lowest BCUT2D eigenvalue weighted by molar-refractivity contribution is 0.880. The highest BCUT2D eigenvalue weighted by Gasteiger charge is 2.20. The van der Waals surface area contributed by atoms with E-state index in [0.717, 1.165) is 44.8 Å². The van der Waals surface area contributed by atoms with E-state index in [4.69, 9.17) is 15.7 Å². The van der Waals surface area contributed by atoms with Crippen molar-refractivity contribution in [3.8, 4) is 22.5 Å². The van der Waals surface area contributed by atoms with Crippen LogP contribution in [0.3, 0.4) is 0 Å². The van der Waals surface area contributed by atoms with Crippen molar-refractivity contribution < 1.29 is 0 Å². The summed E-state index contributed by atoms with van der Waals surface area (Å²) in [5.41, 5.74) is 12.5. The number of imidazole rings is 1. The van der Waals surface area contributed by atoms with Crippen molar-refractivity contribution in [2.24, 2.45) is 0 Å². The smallest absolute Gasteiger partial charge is 0.162 e. The van der Waals surface area contributed by atoms with E-state index < -0.39 is 0 Å². The van der Waals surface area contributed by atoms with Gasteiger partial charge in [0.15, 0.2) is 11.6 Å². The quantitative estimate of drug-likeness (QED) is 0.491. The second-order valence-corrected chi connectivity index (χ2v) is 7.14. The van der Waals surface area contributed by atoms with Crippen molar-refractivity contribution in [3.05, 3.63) is 91.0 Å². The van der Waals surface area contributed by atoms with Gasteiger partial charge in [0, 0.05) is 22.1 Å². The number of pyridine rings is 1. The molecule has 3 aromatic heterocycles. The Balaban J connectivity index is 1.55. The maximum Gasteiger partial charge on any atom is 0.162 e. The number of hydrogen-bond acceptors (Lipinski definition) is 5. The minimum Gasteiger partial charge on any atom is -0.382 e. The number of allylic oxidation sites excluding steroid dienone is 4. The molecule has 3 heterocycles. The number of fused-ring (bicyclic) bond motifs is 2. The second kappa shape index (κ2) is 6.35. The minimum atomic E-state index is 0.397. The first-order chi connectivity index (χ1) is 14.8. The Kier molecular flexibility index (Phi) is 3.52. The van der Waals surface area contributed by atoms with Gasteiger partial charge in [0.1, 0.15) is 17.5 Å². The molecular formula is C24H16N6. The maximum atomic E-state index is 6.22. The number of hydrogen-bond donors (Lipinski definition) is 1. The molecule has 0 amide bonds. The minimum absolute atomic E-state index is 0.397. The van der Waals surface area contributed by atoms with Gasteiger partial charge < -0.3 is 5.73 Å². The SMILES string of the molecule is Nc1ncnn2c(C3=CC=C3)nc(-c3ccc4ccc(-c5ccccc5)nc4c3)c12. The molecule has 5 aromatic rings. The molecule has 6 rings (SSSR count). The highest BCUT2D eigenvalue weighted by molar-refractivity contribution is 5.93. The van der Waals surface area contributed by atoms with Crippen molar-refractivity contribution in [1.82, 2.24) is 24.6 Å². The van der Waals surface area contributed by atoms with E-state index in [1.165, 1.54) is 6.33 Å². The van der Waals surface area contributed by atoms with Crippen LogP contribution >= 0.6 is 0 Å². The number of aromatic nitrogens is 5. The highest BCUT2D eigenvalue weighted by Crippen LogP contribution is 2.33. The third kappa shape index (κ3) is 2.51. The molecule has 142 valence electrons. The molecule has 0 radical (unpaired) electrons. The average Bonchev–Trinajstić information content (AvgIpc) is 3.13. The standard InChI is InChI=1S/C24H16N6/c25-23-22-21(29-24(17-7-4-8-17)30(22)27-14-26-23)18-10-9-16-11-12-19(28-20(16)13-18)15-5-2-1-3-6-15/h1-14H,(H2,25,26,27). The maximum absolute atomic E-state index is 6.22. The molecule has 0 unspecified atom stereocenters. The Hall–Kier alpha value is -4.32. The van der Waals surface area contributed by atoms with Crippen LogP contribution in [0.25, 0.3) is 44.5 Å². The monoisotopic (exact) mass is 388 g/mol. The van der Waals surface area contributed by atoms with Crippen molar-refractivity contribution in [1.29, 1.82) is 0 Å². The fourth-order valence-corrected chi connectivity index (χ4v) is 3.72. The van der Waals surface area contributed by atoms with E-state index in [1.54, 1.807) is 4.52 Å². The molecule has 2 aromatic carbocycles. The van der Waals surface area contributed by atoms with Crippen molar-refractivity contribution in [2.45, 2.75) is 0 Å². The molecule has 0 saturated heterocycles. The number of nitrogens with zero attached hydrogens (tertiary/aromatic N) is 5. The van der Waals surface area contributed by atoms with Gasteiger partial charge in [0.05, 0.1) is 11.2 Å². The van der Waals surface area contributed by atoms with Crippen LogP contribution in [0.2, 0.25) is 0 Å². The summed E-state index contributed by atoms with van der Waals surface area (Å²) in [6.45, 7) is 0. The molecule has 0 atom stereocenters. The molecule has 0 spiro atoms. The summed E-state index contributed by atoms with van der Waals surface area (Å²) in [5.74, 6) is 1.15. The fraction of sp³-hybridized carbons (Fsp3) is 0. The fourth-order valence-electron chi connectivity index (χ4n) is 3.72. The molecule has 0 saturated carbocycles. The summed E-state index contributed by atoms with van der Waals surface area (Å²) in [4.78, 5) is 13.9. The van der Waals surface area contributed by atoms with Gasteiger partial charge in [-0.15, -0.1) is 0 Å². The number of anilines is 1. The summed E-state index contributed by atoms with van der Waals surface area (Å²) in [5, 5.41) is 5.45. The van der Waals surface area contributed by atoms with E-state index in [9.17, 15) is 0 Å². The van der Waals surface area contributed by atoms with Gasteiger partial charge in [-0.05, 0) is 12.1 Å². The van der Waals surface area contributed by atoms with Gasteiger partial charge in [-0.3, -0.25) is 0 Å². The number of nitrogens with two attached hydrogens (primary N) is 1. The highest BCUT2D eigenvalue weighted by atomic mass is 15.3. The van der Waals surface area contributed by atoms with Crippen LogP contribution in [-0.4, -0.2) is 24.6 Å². The van der Waals surface area contributed by atoms with Crippen LogP contribution in [0.4, 0.5) is 5.82 Å². The summed E-state index contributed by atoms with van der Waals surface area (Å²) in [6.07, 6.45) is 7.44. The lowest BCUT2D eigenvalue weighted by atomic mass is 10.1. The van der Waals surface area contributed by atoms with Crippen molar-refractivity contribution in [3.63, 3.8) is 0 Å². The first kappa shape index (κ1) is 16.6. The molecule has 30 heavy (non-hydrogen) atoms. The Bertz CT molecular complexity index is 1500. The van der Waals surface area contributed by atoms with Gasteiger partial charge in [-0.25, -0.2) is 19.5 Å². The normalized spacial score (nSPS) is 12.9. The Morgan fingerprint density at radius 3 is 2.50 bits per heavy atom. The van der Waals surface area contributed by atoms with Crippen molar-refractivity contribution in [2.75, 3.05) is 5.73 Å². The summed E-state index contributed by atoms with van der Waals surface area (Å²) >= 11 is 0. The molecule has 6 nitrogen and oxygen atoms in total. The molecule has 0 aliphatic heterocycles. The van der Waals surface area contributed by atoms with Crippen LogP contribution in [-0.2, 0) is 0 Å². The van der Waals surface area contributed by atoms with Gasteiger partial charge in [0.2, 0.25) is 0 Å². The first-order valence-electron chi connectivity index (χ1n) is 9.62. The van der Waals surface area contributed by atoms with Crippen LogP contribution < -0.4 is 5.73 Å². The van der Waals surface area contributed by atoms with Crippen molar-refractivity contribution >= 4 is 27.8 Å². The molecule has 6 heteroatoms. The summed E-state index contributed by atoms with van der Waals surface area (Å²) < 4.78 is 1.75. The molecule has 1 aliphatic carbocycles. The number of nitrogen functional groups attached to an aromatic ring is 1. The first-order valence-corrected chi connectivity index (χ1v) is 9.62. The number of rotatable bonds is 3. The lowest BCUT2D eigenvalue weighted by Crippen LogP contribution is -2.02. The van der Waals surface area contributed by atoms with Crippen LogP contribution in [0.15, 0.2) is 85.2 Å². The lowest BCUT2D eigenvalue weighted by Gasteiger charge is -2.06. The Morgan fingerprint density at radius 1 is 0.867 bits per heavy atom. The van der Waals surface area contributed by atoms with E-state index in [0.29, 0.717) is 11.3 Å². The van der Waals surface area contributed by atoms with Crippen LogP contribution in [0.5, 0.6) is 0 Å². The van der Waals surface area contributed by atoms with E-state index in [2.05, 4.69) is 34.3 Å². The second-order valence-electron chi connectivity index (χ2n) is 7.14. The largest absolute Gasteiger partial charge is 0.382 e. The Labute approximate surface area is 172 Å². The third-order valence-corrected chi connectivity index (χ3v) is 5.31. The summed E-state index contributed by atoms with van der Waals surface area (Å²) in [6, 6.07) is 20.4. The molecule has 0 fully saturated rings. The zero-order chi connectivity index (χ0) is 20.1. The third-order valence-electron chi connectivity index (χ3n) is 5.31. The van der Waals surface area contributed by atoms with Gasteiger partial charge in [-0.1, -0.05) is 66.8 Å². The van der Waals surface area contributed by atoms with E-state index >= 15 is 0 Å². The van der Waals surface area contributed by atoms with E-state index in [-0.39, 0.29) is 0 Å². The van der Waals surface area contributed by atoms with Gasteiger partial charge >= 0.3 is 0 Å². The predicted octanol–water partition coefficient (Wildman–Crippen LogP) is 4.54.